The smallest absolute Gasteiger partial charge is 0.129 e. The van der Waals surface area contributed by atoms with Crippen molar-refractivity contribution in [3.63, 3.8) is 0 Å². The van der Waals surface area contributed by atoms with Crippen LogP contribution >= 0.6 is 15.9 Å². The lowest BCUT2D eigenvalue weighted by Crippen LogP contribution is -2.00. The Hall–Kier alpha value is -1.74. The number of anilines is 1. The first kappa shape index (κ1) is 12.7. The molecule has 92 valence electrons. The molecule has 0 heterocycles. The standard InChI is InChI=1S/C15H14BrNO/c1-12(16)11-17-13-6-5-9-15(10-13)18-14-7-3-2-4-8-14/h2-10,17H,1,11H2. The highest BCUT2D eigenvalue weighted by Gasteiger charge is 1.98. The highest BCUT2D eigenvalue weighted by atomic mass is 79.9. The molecule has 2 rings (SSSR count). The Morgan fingerprint density at radius 3 is 2.50 bits per heavy atom. The van der Waals surface area contributed by atoms with Gasteiger partial charge in [0.15, 0.2) is 0 Å². The summed E-state index contributed by atoms with van der Waals surface area (Å²) in [5.74, 6) is 1.64. The normalized spacial score (nSPS) is 9.83. The predicted molar refractivity (Wildman–Crippen MR) is 79.5 cm³/mol. The Labute approximate surface area is 115 Å². The lowest BCUT2D eigenvalue weighted by Gasteiger charge is -2.09. The first-order valence-corrected chi connectivity index (χ1v) is 6.43. The van der Waals surface area contributed by atoms with E-state index in [4.69, 9.17) is 4.74 Å². The molecule has 2 nitrogen and oxygen atoms in total. The van der Waals surface area contributed by atoms with Gasteiger partial charge in [-0.1, -0.05) is 46.8 Å². The maximum Gasteiger partial charge on any atom is 0.129 e. The number of nitrogens with one attached hydrogen (secondary N) is 1. The summed E-state index contributed by atoms with van der Waals surface area (Å²) in [5.41, 5.74) is 1.00. The fourth-order valence-corrected chi connectivity index (χ4v) is 1.63. The molecule has 0 aliphatic heterocycles. The fraction of sp³-hybridized carbons (Fsp3) is 0.0667. The molecule has 2 aromatic carbocycles. The molecular weight excluding hydrogens is 290 g/mol. The van der Waals surface area contributed by atoms with Crippen LogP contribution < -0.4 is 10.1 Å². The van der Waals surface area contributed by atoms with Gasteiger partial charge in [-0.3, -0.25) is 0 Å². The third kappa shape index (κ3) is 3.93. The summed E-state index contributed by atoms with van der Waals surface area (Å²) < 4.78 is 6.67. The summed E-state index contributed by atoms with van der Waals surface area (Å²) >= 11 is 3.32. The van der Waals surface area contributed by atoms with Gasteiger partial charge in [-0.05, 0) is 24.3 Å². The minimum atomic E-state index is 0.689. The van der Waals surface area contributed by atoms with Crippen molar-refractivity contribution < 1.29 is 4.74 Å². The first-order chi connectivity index (χ1) is 8.74. The highest BCUT2D eigenvalue weighted by molar-refractivity contribution is 9.11. The van der Waals surface area contributed by atoms with E-state index in [1.54, 1.807) is 0 Å². The minimum absolute atomic E-state index is 0.689. The van der Waals surface area contributed by atoms with E-state index in [0.717, 1.165) is 21.7 Å². The minimum Gasteiger partial charge on any atom is -0.457 e. The molecule has 18 heavy (non-hydrogen) atoms. The predicted octanol–water partition coefficient (Wildman–Crippen LogP) is 4.80. The SMILES string of the molecule is C=C(Br)CNc1cccc(Oc2ccccc2)c1. The zero-order chi connectivity index (χ0) is 12.8. The maximum atomic E-state index is 5.75. The Morgan fingerprint density at radius 1 is 1.06 bits per heavy atom. The summed E-state index contributed by atoms with van der Waals surface area (Å²) in [6, 6.07) is 17.6. The average Bonchev–Trinajstić information content (AvgIpc) is 2.38. The lowest BCUT2D eigenvalue weighted by atomic mass is 10.3. The van der Waals surface area contributed by atoms with Gasteiger partial charge in [0.1, 0.15) is 11.5 Å². The molecular formula is C15H14BrNO. The van der Waals surface area contributed by atoms with Gasteiger partial charge in [0, 0.05) is 22.8 Å². The van der Waals surface area contributed by atoms with Crippen LogP contribution in [0.5, 0.6) is 11.5 Å². The monoisotopic (exact) mass is 303 g/mol. The van der Waals surface area contributed by atoms with E-state index < -0.39 is 0 Å². The molecule has 0 fully saturated rings. The van der Waals surface area contributed by atoms with Crippen molar-refractivity contribution >= 4 is 21.6 Å². The molecule has 0 aromatic heterocycles. The van der Waals surface area contributed by atoms with Crippen LogP contribution in [-0.4, -0.2) is 6.54 Å². The Bertz CT molecular complexity index is 525. The van der Waals surface area contributed by atoms with Crippen molar-refractivity contribution in [1.82, 2.24) is 0 Å². The Balaban J connectivity index is 2.05. The zero-order valence-corrected chi connectivity index (χ0v) is 11.5. The number of para-hydroxylation sites is 1. The third-order valence-corrected chi connectivity index (χ3v) is 2.58. The van der Waals surface area contributed by atoms with Crippen molar-refractivity contribution in [1.29, 1.82) is 0 Å². The maximum absolute atomic E-state index is 5.75. The number of rotatable bonds is 5. The second kappa shape index (κ2) is 6.26. The molecule has 3 heteroatoms. The van der Waals surface area contributed by atoms with Crippen molar-refractivity contribution in [3.05, 3.63) is 65.7 Å². The molecule has 1 N–H and O–H groups in total. The topological polar surface area (TPSA) is 21.3 Å². The molecule has 0 bridgehead atoms. The number of hydrogen-bond donors (Lipinski definition) is 1. The third-order valence-electron chi connectivity index (χ3n) is 2.30. The van der Waals surface area contributed by atoms with Gasteiger partial charge in [0.05, 0.1) is 0 Å². The molecule has 0 aliphatic carbocycles. The van der Waals surface area contributed by atoms with Crippen molar-refractivity contribution in [2.45, 2.75) is 0 Å². The van der Waals surface area contributed by atoms with E-state index in [1.807, 2.05) is 54.6 Å². The van der Waals surface area contributed by atoms with Gasteiger partial charge in [-0.2, -0.15) is 0 Å². The van der Waals surface area contributed by atoms with E-state index in [9.17, 15) is 0 Å². The van der Waals surface area contributed by atoms with Crippen LogP contribution in [0.3, 0.4) is 0 Å². The van der Waals surface area contributed by atoms with Gasteiger partial charge < -0.3 is 10.1 Å². The average molecular weight is 304 g/mol. The van der Waals surface area contributed by atoms with Gasteiger partial charge in [0.2, 0.25) is 0 Å². The number of hydrogen-bond acceptors (Lipinski definition) is 2. The number of benzene rings is 2. The number of ether oxygens (including phenoxy) is 1. The molecule has 0 saturated carbocycles. The molecule has 0 radical (unpaired) electrons. The summed E-state index contributed by atoms with van der Waals surface area (Å²) in [6.45, 7) is 4.47. The Kier molecular flexibility index (Phi) is 4.42. The molecule has 0 amide bonds. The van der Waals surface area contributed by atoms with E-state index in [2.05, 4.69) is 27.8 Å². The summed E-state index contributed by atoms with van der Waals surface area (Å²) in [5, 5.41) is 3.24. The van der Waals surface area contributed by atoms with Gasteiger partial charge in [-0.15, -0.1) is 0 Å². The van der Waals surface area contributed by atoms with Crippen LogP contribution in [0.25, 0.3) is 0 Å². The lowest BCUT2D eigenvalue weighted by molar-refractivity contribution is 0.483. The van der Waals surface area contributed by atoms with Crippen molar-refractivity contribution in [3.8, 4) is 11.5 Å². The van der Waals surface area contributed by atoms with Crippen LogP contribution in [0.4, 0.5) is 5.69 Å². The van der Waals surface area contributed by atoms with Crippen molar-refractivity contribution in [2.24, 2.45) is 0 Å². The summed E-state index contributed by atoms with van der Waals surface area (Å²) in [4.78, 5) is 0. The van der Waals surface area contributed by atoms with Crippen molar-refractivity contribution in [2.75, 3.05) is 11.9 Å². The van der Waals surface area contributed by atoms with Gasteiger partial charge in [0.25, 0.3) is 0 Å². The van der Waals surface area contributed by atoms with E-state index in [1.165, 1.54) is 0 Å². The molecule has 0 atom stereocenters. The van der Waals surface area contributed by atoms with E-state index >= 15 is 0 Å². The second-order valence-corrected chi connectivity index (χ2v) is 4.94. The van der Waals surface area contributed by atoms with Gasteiger partial charge >= 0.3 is 0 Å². The molecule has 0 saturated heterocycles. The van der Waals surface area contributed by atoms with Crippen LogP contribution in [0.15, 0.2) is 65.7 Å². The van der Waals surface area contributed by atoms with Crippen LogP contribution in [0, 0.1) is 0 Å². The van der Waals surface area contributed by atoms with E-state index in [0.29, 0.717) is 6.54 Å². The summed E-state index contributed by atoms with van der Waals surface area (Å²) in [6.07, 6.45) is 0. The molecule has 0 unspecified atom stereocenters. The fourth-order valence-electron chi connectivity index (χ4n) is 1.49. The largest absolute Gasteiger partial charge is 0.457 e. The molecule has 2 aromatic rings. The summed E-state index contributed by atoms with van der Waals surface area (Å²) in [7, 11) is 0. The highest BCUT2D eigenvalue weighted by Crippen LogP contribution is 2.23. The van der Waals surface area contributed by atoms with Gasteiger partial charge in [-0.25, -0.2) is 0 Å². The Morgan fingerprint density at radius 2 is 1.78 bits per heavy atom. The van der Waals surface area contributed by atoms with Crippen LogP contribution in [-0.2, 0) is 0 Å². The second-order valence-electron chi connectivity index (χ2n) is 3.81. The number of halogens is 1. The first-order valence-electron chi connectivity index (χ1n) is 5.64. The molecule has 0 aliphatic rings. The van der Waals surface area contributed by atoms with Crippen LogP contribution in [0.1, 0.15) is 0 Å². The quantitative estimate of drug-likeness (QED) is 0.856. The van der Waals surface area contributed by atoms with E-state index in [-0.39, 0.29) is 0 Å². The zero-order valence-electron chi connectivity index (χ0n) is 9.90. The molecule has 0 spiro atoms. The van der Waals surface area contributed by atoms with Crippen LogP contribution in [0.2, 0.25) is 0 Å².